The maximum atomic E-state index is 13.8. The molecule has 1 saturated heterocycles. The Morgan fingerprint density at radius 3 is 2.23 bits per heavy atom. The first-order valence-corrected chi connectivity index (χ1v) is 13.8. The number of amides is 1. The van der Waals surface area contributed by atoms with Gasteiger partial charge in [-0.25, -0.2) is 4.98 Å². The van der Waals surface area contributed by atoms with E-state index in [0.717, 1.165) is 60.6 Å². The highest BCUT2D eigenvalue weighted by Gasteiger charge is 2.30. The zero-order valence-corrected chi connectivity index (χ0v) is 22.6. The molecule has 1 fully saturated rings. The summed E-state index contributed by atoms with van der Waals surface area (Å²) in [5, 5.41) is 18.5. The van der Waals surface area contributed by atoms with Crippen LogP contribution in [0.3, 0.4) is 0 Å². The van der Waals surface area contributed by atoms with Gasteiger partial charge in [0.15, 0.2) is 5.65 Å². The van der Waals surface area contributed by atoms with Crippen LogP contribution in [0.5, 0.6) is 5.75 Å². The van der Waals surface area contributed by atoms with Crippen LogP contribution in [0.2, 0.25) is 0 Å². The maximum absolute atomic E-state index is 13.8. The predicted octanol–water partition coefficient (Wildman–Crippen LogP) is 5.89. The molecule has 7 heteroatoms. The molecule has 0 bridgehead atoms. The Morgan fingerprint density at radius 2 is 1.57 bits per heavy atom. The van der Waals surface area contributed by atoms with Crippen LogP contribution in [0.15, 0.2) is 97.2 Å². The summed E-state index contributed by atoms with van der Waals surface area (Å²) in [4.78, 5) is 20.6. The standard InChI is InChI=1S/C33H33N5O2/c1-23-21-35-38-30(20-28(36-32(23)38)27-14-8-9-15-29(27)39)34-22-24-16-18-37(19-17-24)33(40)31(25-10-4-2-5-11-25)26-12-6-3-7-13-26/h2-15,20-21,24,31,34,39H,16-19,22H2,1H3. The van der Waals surface area contributed by atoms with Gasteiger partial charge in [0, 0.05) is 36.8 Å². The number of hydrogen-bond donors (Lipinski definition) is 2. The third-order valence-electron chi connectivity index (χ3n) is 7.84. The number of para-hydroxylation sites is 1. The first-order chi connectivity index (χ1) is 19.6. The molecular formula is C33H33N5O2. The van der Waals surface area contributed by atoms with Crippen molar-refractivity contribution in [1.29, 1.82) is 0 Å². The molecule has 5 aromatic rings. The second kappa shape index (κ2) is 11.2. The van der Waals surface area contributed by atoms with E-state index < -0.39 is 0 Å². The number of phenolic OH excluding ortho intramolecular Hbond substituents is 1. The number of hydrogen-bond acceptors (Lipinski definition) is 5. The summed E-state index contributed by atoms with van der Waals surface area (Å²) in [6, 6.07) is 29.3. The minimum Gasteiger partial charge on any atom is -0.507 e. The van der Waals surface area contributed by atoms with Gasteiger partial charge < -0.3 is 15.3 Å². The fourth-order valence-electron chi connectivity index (χ4n) is 5.58. The van der Waals surface area contributed by atoms with Gasteiger partial charge in [0.1, 0.15) is 11.6 Å². The fourth-order valence-corrected chi connectivity index (χ4v) is 5.58. The average molecular weight is 532 g/mol. The number of piperidine rings is 1. The molecule has 2 aromatic heterocycles. The second-order valence-corrected chi connectivity index (χ2v) is 10.5. The van der Waals surface area contributed by atoms with Gasteiger partial charge in [-0.2, -0.15) is 9.61 Å². The van der Waals surface area contributed by atoms with Crippen molar-refractivity contribution in [3.8, 4) is 17.0 Å². The maximum Gasteiger partial charge on any atom is 0.234 e. The van der Waals surface area contributed by atoms with E-state index in [4.69, 9.17) is 4.98 Å². The number of aromatic hydroxyl groups is 1. The summed E-state index contributed by atoms with van der Waals surface area (Å²) < 4.78 is 1.82. The third kappa shape index (κ3) is 5.15. The Morgan fingerprint density at radius 1 is 0.950 bits per heavy atom. The van der Waals surface area contributed by atoms with E-state index in [1.165, 1.54) is 0 Å². The molecule has 0 saturated carbocycles. The highest BCUT2D eigenvalue weighted by atomic mass is 16.3. The molecule has 1 amide bonds. The Kier molecular flexibility index (Phi) is 7.19. The van der Waals surface area contributed by atoms with E-state index >= 15 is 0 Å². The van der Waals surface area contributed by atoms with Crippen LogP contribution >= 0.6 is 0 Å². The summed E-state index contributed by atoms with van der Waals surface area (Å²) in [5.74, 6) is 1.33. The smallest absolute Gasteiger partial charge is 0.234 e. The van der Waals surface area contributed by atoms with E-state index in [1.54, 1.807) is 12.1 Å². The van der Waals surface area contributed by atoms with Crippen molar-refractivity contribution in [2.45, 2.75) is 25.7 Å². The lowest BCUT2D eigenvalue weighted by Gasteiger charge is -2.34. The number of carbonyl (C=O) groups excluding carboxylic acids is 1. The summed E-state index contributed by atoms with van der Waals surface area (Å²) in [7, 11) is 0. The van der Waals surface area contributed by atoms with Crippen molar-refractivity contribution >= 4 is 17.4 Å². The lowest BCUT2D eigenvalue weighted by atomic mass is 9.88. The van der Waals surface area contributed by atoms with Gasteiger partial charge in [-0.3, -0.25) is 4.79 Å². The molecule has 0 aliphatic carbocycles. The molecule has 202 valence electrons. The Labute approximate surface area is 234 Å². The van der Waals surface area contributed by atoms with Crippen molar-refractivity contribution in [1.82, 2.24) is 19.5 Å². The minimum absolute atomic E-state index is 0.166. The van der Waals surface area contributed by atoms with Gasteiger partial charge >= 0.3 is 0 Å². The number of benzene rings is 3. The first kappa shape index (κ1) is 25.6. The summed E-state index contributed by atoms with van der Waals surface area (Å²) in [6.07, 6.45) is 3.66. The van der Waals surface area contributed by atoms with Crippen LogP contribution < -0.4 is 5.32 Å². The van der Waals surface area contributed by atoms with Crippen LogP contribution in [0, 0.1) is 12.8 Å². The van der Waals surface area contributed by atoms with Crippen molar-refractivity contribution < 1.29 is 9.90 Å². The molecular weight excluding hydrogens is 498 g/mol. The highest BCUT2D eigenvalue weighted by molar-refractivity contribution is 5.87. The van der Waals surface area contributed by atoms with Gasteiger partial charge in [-0.15, -0.1) is 0 Å². The zero-order valence-electron chi connectivity index (χ0n) is 22.6. The number of rotatable bonds is 7. The van der Waals surface area contributed by atoms with E-state index in [-0.39, 0.29) is 17.6 Å². The lowest BCUT2D eigenvalue weighted by molar-refractivity contribution is -0.133. The van der Waals surface area contributed by atoms with Crippen molar-refractivity contribution in [2.75, 3.05) is 25.0 Å². The monoisotopic (exact) mass is 531 g/mol. The van der Waals surface area contributed by atoms with Gasteiger partial charge in [-0.05, 0) is 48.9 Å². The molecule has 0 radical (unpaired) electrons. The largest absolute Gasteiger partial charge is 0.507 e. The number of nitrogens with zero attached hydrogens (tertiary/aromatic N) is 4. The molecule has 0 unspecified atom stereocenters. The van der Waals surface area contributed by atoms with Crippen LogP contribution in [0.4, 0.5) is 5.82 Å². The molecule has 0 spiro atoms. The summed E-state index contributed by atoms with van der Waals surface area (Å²) >= 11 is 0. The first-order valence-electron chi connectivity index (χ1n) is 13.8. The van der Waals surface area contributed by atoms with Crippen LogP contribution in [-0.2, 0) is 4.79 Å². The SMILES string of the molecule is Cc1cnn2c(NCC3CCN(C(=O)C(c4ccccc4)c4ccccc4)CC3)cc(-c3ccccc3O)nc12. The van der Waals surface area contributed by atoms with E-state index in [0.29, 0.717) is 17.2 Å². The normalized spacial score (nSPS) is 14.1. The van der Waals surface area contributed by atoms with E-state index in [2.05, 4.69) is 10.4 Å². The molecule has 40 heavy (non-hydrogen) atoms. The fraction of sp³-hybridized carbons (Fsp3) is 0.242. The van der Waals surface area contributed by atoms with Crippen molar-refractivity contribution in [3.63, 3.8) is 0 Å². The number of aromatic nitrogens is 3. The zero-order chi connectivity index (χ0) is 27.5. The number of anilines is 1. The molecule has 1 aliphatic rings. The van der Waals surface area contributed by atoms with Crippen molar-refractivity contribution in [2.24, 2.45) is 5.92 Å². The number of phenols is 1. The van der Waals surface area contributed by atoms with Crippen molar-refractivity contribution in [3.05, 3.63) is 114 Å². The average Bonchev–Trinajstić information content (AvgIpc) is 3.38. The Bertz CT molecular complexity index is 1570. The van der Waals surface area contributed by atoms with E-state index in [9.17, 15) is 9.90 Å². The van der Waals surface area contributed by atoms with E-state index in [1.807, 2.05) is 101 Å². The molecule has 3 aromatic carbocycles. The Balaban J connectivity index is 1.15. The Hall–Kier alpha value is -4.65. The van der Waals surface area contributed by atoms with Crippen LogP contribution in [0.25, 0.3) is 16.9 Å². The topological polar surface area (TPSA) is 82.8 Å². The molecule has 7 nitrogen and oxygen atoms in total. The number of fused-ring (bicyclic) bond motifs is 1. The van der Waals surface area contributed by atoms with Gasteiger partial charge in [0.25, 0.3) is 0 Å². The highest BCUT2D eigenvalue weighted by Crippen LogP contribution is 2.31. The van der Waals surface area contributed by atoms with Gasteiger partial charge in [0.05, 0.1) is 17.8 Å². The molecule has 3 heterocycles. The third-order valence-corrected chi connectivity index (χ3v) is 7.84. The number of likely N-dealkylation sites (tertiary alicyclic amines) is 1. The van der Waals surface area contributed by atoms with Crippen LogP contribution in [-0.4, -0.2) is 50.1 Å². The quantitative estimate of drug-likeness (QED) is 0.274. The lowest BCUT2D eigenvalue weighted by Crippen LogP contribution is -2.42. The second-order valence-electron chi connectivity index (χ2n) is 10.5. The number of nitrogens with one attached hydrogen (secondary N) is 1. The molecule has 0 atom stereocenters. The van der Waals surface area contributed by atoms with Gasteiger partial charge in [-0.1, -0.05) is 72.8 Å². The van der Waals surface area contributed by atoms with Crippen LogP contribution in [0.1, 0.15) is 35.4 Å². The summed E-state index contributed by atoms with van der Waals surface area (Å²) in [5.41, 5.74) is 5.17. The number of aryl methyl sites for hydroxylation is 1. The number of carbonyl (C=O) groups is 1. The molecule has 6 rings (SSSR count). The molecule has 2 N–H and O–H groups in total. The summed E-state index contributed by atoms with van der Waals surface area (Å²) in [6.45, 7) is 4.22. The minimum atomic E-state index is -0.293. The predicted molar refractivity (Wildman–Crippen MR) is 157 cm³/mol. The van der Waals surface area contributed by atoms with Gasteiger partial charge in [0.2, 0.25) is 5.91 Å². The molecule has 1 aliphatic heterocycles.